The fourth-order valence-electron chi connectivity index (χ4n) is 3.52. The van der Waals surface area contributed by atoms with Crippen molar-refractivity contribution in [2.45, 2.75) is 55.1 Å². The minimum Gasteiger partial charge on any atom is -0.406 e. The van der Waals surface area contributed by atoms with Crippen LogP contribution in [0.25, 0.3) is 0 Å². The fourth-order valence-corrected chi connectivity index (χ4v) is 4.93. The van der Waals surface area contributed by atoms with Gasteiger partial charge in [0.15, 0.2) is 0 Å². The molecule has 2 atom stereocenters. The van der Waals surface area contributed by atoms with Crippen LogP contribution < -0.4 is 10.1 Å². The van der Waals surface area contributed by atoms with Crippen molar-refractivity contribution in [1.29, 1.82) is 0 Å². The molecule has 0 radical (unpaired) electrons. The number of ether oxygens (including phenoxy) is 1. The van der Waals surface area contributed by atoms with Crippen molar-refractivity contribution in [2.75, 3.05) is 7.05 Å². The minimum absolute atomic E-state index is 0.152. The van der Waals surface area contributed by atoms with Crippen molar-refractivity contribution in [3.8, 4) is 5.75 Å². The number of hydrogen-bond donors (Lipinski definition) is 1. The van der Waals surface area contributed by atoms with Gasteiger partial charge < -0.3 is 10.1 Å². The summed E-state index contributed by atoms with van der Waals surface area (Å²) in [5, 5.41) is 3.43. The summed E-state index contributed by atoms with van der Waals surface area (Å²) in [5.41, 5.74) is 0. The first-order valence-corrected chi connectivity index (χ1v) is 9.19. The van der Waals surface area contributed by atoms with Gasteiger partial charge in [-0.2, -0.15) is 4.31 Å². The van der Waals surface area contributed by atoms with Crippen molar-refractivity contribution in [1.82, 2.24) is 9.62 Å². The maximum absolute atomic E-state index is 12.8. The molecule has 9 heteroatoms. The number of benzene rings is 1. The normalized spacial score (nSPS) is 27.5. The molecular weight excluding hydrogens is 345 g/mol. The molecule has 2 saturated heterocycles. The number of fused-ring (bicyclic) bond motifs is 2. The third-order valence-electron chi connectivity index (χ3n) is 4.68. The summed E-state index contributed by atoms with van der Waals surface area (Å²) in [4.78, 5) is -0.197. The van der Waals surface area contributed by atoms with Crippen molar-refractivity contribution in [3.63, 3.8) is 0 Å². The molecule has 0 amide bonds. The van der Waals surface area contributed by atoms with Gasteiger partial charge in [-0.3, -0.25) is 0 Å². The predicted molar refractivity (Wildman–Crippen MR) is 81.0 cm³/mol. The van der Waals surface area contributed by atoms with E-state index in [1.165, 1.54) is 23.5 Å². The molecule has 2 fully saturated rings. The highest BCUT2D eigenvalue weighted by Crippen LogP contribution is 2.32. The molecule has 1 N–H and O–H groups in total. The molecule has 2 heterocycles. The molecule has 2 unspecified atom stereocenters. The Hall–Kier alpha value is -1.32. The van der Waals surface area contributed by atoms with Crippen molar-refractivity contribution >= 4 is 10.0 Å². The Balaban J connectivity index is 1.81. The fraction of sp³-hybridized carbons (Fsp3) is 0.600. The lowest BCUT2D eigenvalue weighted by Gasteiger charge is -2.34. The van der Waals surface area contributed by atoms with Crippen molar-refractivity contribution in [3.05, 3.63) is 24.3 Å². The van der Waals surface area contributed by atoms with Crippen LogP contribution in [0.15, 0.2) is 29.2 Å². The predicted octanol–water partition coefficient (Wildman–Crippen LogP) is 2.49. The van der Waals surface area contributed by atoms with E-state index in [0.717, 1.165) is 25.0 Å². The van der Waals surface area contributed by atoms with E-state index in [0.29, 0.717) is 24.9 Å². The number of alkyl halides is 3. The Labute approximate surface area is 138 Å². The maximum Gasteiger partial charge on any atom is 0.573 e. The number of piperidine rings is 1. The van der Waals surface area contributed by atoms with E-state index >= 15 is 0 Å². The summed E-state index contributed by atoms with van der Waals surface area (Å²) < 4.78 is 67.6. The SMILES string of the molecule is CN(C1CC2CCC(C1)N2)S(=O)(=O)c1cccc(OC(F)(F)F)c1. The Morgan fingerprint density at radius 1 is 1.21 bits per heavy atom. The standard InChI is InChI=1S/C15H19F3N2O3S/c1-20(12-7-10-5-6-11(8-12)19-10)24(21,22)14-4-2-3-13(9-14)23-15(16,17)18/h2-4,9-12,19H,5-8H2,1H3. The number of nitrogens with one attached hydrogen (secondary N) is 1. The molecule has 2 bridgehead atoms. The topological polar surface area (TPSA) is 58.6 Å². The molecule has 24 heavy (non-hydrogen) atoms. The van der Waals surface area contributed by atoms with E-state index in [1.807, 2.05) is 0 Å². The average molecular weight is 364 g/mol. The van der Waals surface area contributed by atoms with Gasteiger partial charge in [-0.05, 0) is 37.8 Å². The van der Waals surface area contributed by atoms with E-state index in [4.69, 9.17) is 0 Å². The summed E-state index contributed by atoms with van der Waals surface area (Å²) >= 11 is 0. The van der Waals surface area contributed by atoms with Crippen molar-refractivity contribution < 1.29 is 26.3 Å². The quantitative estimate of drug-likeness (QED) is 0.892. The largest absolute Gasteiger partial charge is 0.573 e. The van der Waals surface area contributed by atoms with Gasteiger partial charge in [0, 0.05) is 31.2 Å². The molecule has 0 aliphatic carbocycles. The molecule has 134 valence electrons. The van der Waals surface area contributed by atoms with Gasteiger partial charge in [-0.25, -0.2) is 8.42 Å². The van der Waals surface area contributed by atoms with E-state index < -0.39 is 22.1 Å². The molecule has 2 aliphatic heterocycles. The number of hydrogen-bond acceptors (Lipinski definition) is 4. The highest BCUT2D eigenvalue weighted by molar-refractivity contribution is 7.89. The zero-order valence-corrected chi connectivity index (χ0v) is 13.9. The summed E-state index contributed by atoms with van der Waals surface area (Å²) in [7, 11) is -2.39. The number of sulfonamides is 1. The smallest absolute Gasteiger partial charge is 0.406 e. The summed E-state index contributed by atoms with van der Waals surface area (Å²) in [6.07, 6.45) is -1.37. The van der Waals surface area contributed by atoms with E-state index in [1.54, 1.807) is 0 Å². The third kappa shape index (κ3) is 3.68. The molecule has 5 nitrogen and oxygen atoms in total. The van der Waals surface area contributed by atoms with Crippen LogP contribution in [0.5, 0.6) is 5.75 Å². The monoisotopic (exact) mass is 364 g/mol. The van der Waals surface area contributed by atoms with Gasteiger partial charge in [0.05, 0.1) is 4.90 Å². The first kappa shape index (κ1) is 17.5. The second-order valence-corrected chi connectivity index (χ2v) is 8.30. The van der Waals surface area contributed by atoms with Gasteiger partial charge in [0.1, 0.15) is 5.75 Å². The first-order valence-electron chi connectivity index (χ1n) is 7.75. The van der Waals surface area contributed by atoms with Crippen LogP contribution in [0.1, 0.15) is 25.7 Å². The van der Waals surface area contributed by atoms with E-state index in [2.05, 4.69) is 10.1 Å². The van der Waals surface area contributed by atoms with Gasteiger partial charge in [0.2, 0.25) is 10.0 Å². The molecule has 3 rings (SSSR count). The highest BCUT2D eigenvalue weighted by Gasteiger charge is 2.39. The number of halogens is 3. The van der Waals surface area contributed by atoms with Crippen molar-refractivity contribution in [2.24, 2.45) is 0 Å². The molecule has 2 aliphatic rings. The van der Waals surface area contributed by atoms with Crippen LogP contribution in [-0.2, 0) is 10.0 Å². The van der Waals surface area contributed by atoms with E-state index in [9.17, 15) is 21.6 Å². The number of rotatable bonds is 4. The Bertz CT molecular complexity index is 696. The molecule has 0 spiro atoms. The van der Waals surface area contributed by atoms with Crippen LogP contribution in [0.4, 0.5) is 13.2 Å². The second-order valence-electron chi connectivity index (χ2n) is 6.31. The maximum atomic E-state index is 12.8. The van der Waals surface area contributed by atoms with Crippen LogP contribution >= 0.6 is 0 Å². The second kappa shape index (κ2) is 6.20. The van der Waals surface area contributed by atoms with Crippen LogP contribution in [0.3, 0.4) is 0 Å². The van der Waals surface area contributed by atoms with Gasteiger partial charge in [-0.1, -0.05) is 6.07 Å². The lowest BCUT2D eigenvalue weighted by atomic mass is 10.0. The molecule has 1 aromatic rings. The molecule has 0 saturated carbocycles. The number of nitrogens with zero attached hydrogens (tertiary/aromatic N) is 1. The Morgan fingerprint density at radius 2 is 1.83 bits per heavy atom. The molecular formula is C15H19F3N2O3S. The Kier molecular flexibility index (Phi) is 4.52. The summed E-state index contributed by atoms with van der Waals surface area (Å²) in [6.45, 7) is 0. The lowest BCUT2D eigenvalue weighted by Crippen LogP contribution is -2.48. The third-order valence-corrected chi connectivity index (χ3v) is 6.58. The summed E-state index contributed by atoms with van der Waals surface area (Å²) in [5.74, 6) is -0.539. The van der Waals surface area contributed by atoms with Crippen LogP contribution in [0, 0.1) is 0 Å². The van der Waals surface area contributed by atoms with Gasteiger partial charge >= 0.3 is 6.36 Å². The molecule has 0 aromatic heterocycles. The van der Waals surface area contributed by atoms with Crippen LogP contribution in [0.2, 0.25) is 0 Å². The zero-order chi connectivity index (χ0) is 17.5. The average Bonchev–Trinajstić information content (AvgIpc) is 2.83. The Morgan fingerprint density at radius 3 is 2.42 bits per heavy atom. The highest BCUT2D eigenvalue weighted by atomic mass is 32.2. The lowest BCUT2D eigenvalue weighted by molar-refractivity contribution is -0.274. The van der Waals surface area contributed by atoms with Gasteiger partial charge in [-0.15, -0.1) is 13.2 Å². The first-order chi connectivity index (χ1) is 11.1. The van der Waals surface area contributed by atoms with Crippen LogP contribution in [-0.4, -0.2) is 44.3 Å². The van der Waals surface area contributed by atoms with Gasteiger partial charge in [0.25, 0.3) is 0 Å². The van der Waals surface area contributed by atoms with E-state index in [-0.39, 0.29) is 10.9 Å². The molecule has 1 aromatic carbocycles. The summed E-state index contributed by atoms with van der Waals surface area (Å²) in [6, 6.07) is 4.99. The minimum atomic E-state index is -4.86. The zero-order valence-electron chi connectivity index (χ0n) is 13.1.